The van der Waals surface area contributed by atoms with E-state index in [2.05, 4.69) is 15.5 Å². The van der Waals surface area contributed by atoms with Crippen LogP contribution in [0.4, 0.5) is 0 Å². The Morgan fingerprint density at radius 1 is 1.46 bits per heavy atom. The van der Waals surface area contributed by atoms with Gasteiger partial charge in [-0.25, -0.2) is 10.4 Å². The molecule has 0 radical (unpaired) electrons. The first-order chi connectivity index (χ1) is 11.7. The Balaban J connectivity index is 1.44. The lowest BCUT2D eigenvalue weighted by Gasteiger charge is -2.24. The first-order valence-corrected chi connectivity index (χ1v) is 8.30. The fraction of sp³-hybridized carbons (Fsp3) is 0.133. The van der Waals surface area contributed by atoms with E-state index >= 15 is 0 Å². The molecule has 24 heavy (non-hydrogen) atoms. The number of fused-ring (bicyclic) bond motifs is 2. The number of aromatic nitrogens is 2. The minimum atomic E-state index is -0.765. The van der Waals surface area contributed by atoms with Crippen LogP contribution in [0, 0.1) is 0 Å². The van der Waals surface area contributed by atoms with Crippen molar-refractivity contribution < 1.29 is 14.3 Å². The number of nitrogens with zero attached hydrogens (tertiary/aromatic N) is 3. The predicted octanol–water partition coefficient (Wildman–Crippen LogP) is 2.34. The molecule has 7 nitrogen and oxygen atoms in total. The standard InChI is InChI=1S/C15H11ClN4O3S/c16-13-9(20-5-6-24-15(20)18-13)7-17-19-14(21)12-8-22-10-3-1-2-4-11(10)23-12/h1-7,12H,8H2,(H,19,21)/b17-7-/t12-/m0/s1. The van der Waals surface area contributed by atoms with Gasteiger partial charge in [0.05, 0.1) is 6.21 Å². The average Bonchev–Trinajstić information content (AvgIpc) is 3.16. The summed E-state index contributed by atoms with van der Waals surface area (Å²) in [5, 5.41) is 6.15. The van der Waals surface area contributed by atoms with E-state index in [-0.39, 0.29) is 6.61 Å². The number of carbonyl (C=O) groups excluding carboxylic acids is 1. The van der Waals surface area contributed by atoms with Gasteiger partial charge < -0.3 is 9.47 Å². The zero-order valence-corrected chi connectivity index (χ0v) is 13.8. The summed E-state index contributed by atoms with van der Waals surface area (Å²) in [5.41, 5.74) is 3.03. The maximum absolute atomic E-state index is 12.2. The molecule has 1 amide bonds. The molecule has 1 aliphatic rings. The maximum atomic E-state index is 12.2. The number of thiazole rings is 1. The number of hydrogen-bond donors (Lipinski definition) is 1. The molecule has 3 aromatic rings. The Morgan fingerprint density at radius 2 is 2.29 bits per heavy atom. The van der Waals surface area contributed by atoms with E-state index in [1.54, 1.807) is 16.5 Å². The van der Waals surface area contributed by atoms with Gasteiger partial charge in [0.15, 0.2) is 21.6 Å². The van der Waals surface area contributed by atoms with Gasteiger partial charge in [-0.15, -0.1) is 11.3 Å². The summed E-state index contributed by atoms with van der Waals surface area (Å²) in [6, 6.07) is 7.19. The monoisotopic (exact) mass is 362 g/mol. The highest BCUT2D eigenvalue weighted by molar-refractivity contribution is 7.15. The van der Waals surface area contributed by atoms with Crippen molar-refractivity contribution in [3.8, 4) is 11.5 Å². The molecule has 9 heteroatoms. The van der Waals surface area contributed by atoms with Crippen molar-refractivity contribution in [1.82, 2.24) is 14.8 Å². The van der Waals surface area contributed by atoms with Crippen molar-refractivity contribution in [1.29, 1.82) is 0 Å². The average molecular weight is 363 g/mol. The van der Waals surface area contributed by atoms with Gasteiger partial charge in [-0.1, -0.05) is 23.7 Å². The van der Waals surface area contributed by atoms with E-state index in [1.165, 1.54) is 17.6 Å². The van der Waals surface area contributed by atoms with Crippen LogP contribution in [0.5, 0.6) is 11.5 Å². The van der Waals surface area contributed by atoms with Crippen LogP contribution >= 0.6 is 22.9 Å². The van der Waals surface area contributed by atoms with Gasteiger partial charge in [-0.3, -0.25) is 9.20 Å². The molecule has 1 N–H and O–H groups in total. The van der Waals surface area contributed by atoms with Crippen molar-refractivity contribution in [2.45, 2.75) is 6.10 Å². The number of imidazole rings is 1. The lowest BCUT2D eigenvalue weighted by Crippen LogP contribution is -2.42. The zero-order chi connectivity index (χ0) is 16.5. The number of hydrazone groups is 1. The van der Waals surface area contributed by atoms with Crippen molar-refractivity contribution in [3.05, 3.63) is 46.7 Å². The fourth-order valence-electron chi connectivity index (χ4n) is 2.27. The SMILES string of the molecule is O=C(N/N=C\c1c(Cl)nc2sccn12)[C@@H]1COc2ccccc2O1. The number of halogens is 1. The summed E-state index contributed by atoms with van der Waals surface area (Å²) in [7, 11) is 0. The second kappa shape index (κ2) is 6.14. The summed E-state index contributed by atoms with van der Waals surface area (Å²) in [6.45, 7) is 0.126. The van der Waals surface area contributed by atoms with Crippen LogP contribution < -0.4 is 14.9 Å². The number of hydrogen-bond acceptors (Lipinski definition) is 6. The van der Waals surface area contributed by atoms with E-state index < -0.39 is 12.0 Å². The van der Waals surface area contributed by atoms with E-state index in [1.807, 2.05) is 23.7 Å². The molecule has 0 saturated carbocycles. The highest BCUT2D eigenvalue weighted by atomic mass is 35.5. The van der Waals surface area contributed by atoms with Gasteiger partial charge in [-0.05, 0) is 12.1 Å². The molecule has 0 aliphatic carbocycles. The molecule has 2 aromatic heterocycles. The van der Waals surface area contributed by atoms with Crippen LogP contribution in [0.1, 0.15) is 5.69 Å². The van der Waals surface area contributed by atoms with E-state index in [4.69, 9.17) is 21.1 Å². The smallest absolute Gasteiger partial charge is 0.284 e. The molecule has 1 aromatic carbocycles. The molecule has 0 fully saturated rings. The van der Waals surface area contributed by atoms with Crippen molar-refractivity contribution >= 4 is 40.0 Å². The topological polar surface area (TPSA) is 77.2 Å². The van der Waals surface area contributed by atoms with Crippen LogP contribution in [-0.2, 0) is 4.79 Å². The molecule has 122 valence electrons. The van der Waals surface area contributed by atoms with Gasteiger partial charge in [-0.2, -0.15) is 5.10 Å². The minimum Gasteiger partial charge on any atom is -0.485 e. The molecule has 4 rings (SSSR count). The number of carbonyl (C=O) groups is 1. The molecule has 0 unspecified atom stereocenters. The second-order valence-electron chi connectivity index (χ2n) is 4.94. The lowest BCUT2D eigenvalue weighted by atomic mass is 10.2. The van der Waals surface area contributed by atoms with E-state index in [0.29, 0.717) is 22.3 Å². The largest absolute Gasteiger partial charge is 0.485 e. The molecule has 1 atom stereocenters. The molecule has 0 spiro atoms. The number of nitrogens with one attached hydrogen (secondary N) is 1. The number of benzene rings is 1. The van der Waals surface area contributed by atoms with Crippen LogP contribution in [0.25, 0.3) is 4.96 Å². The normalized spacial score (nSPS) is 16.6. The molecule has 0 saturated heterocycles. The zero-order valence-electron chi connectivity index (χ0n) is 12.2. The summed E-state index contributed by atoms with van der Waals surface area (Å²) >= 11 is 7.52. The fourth-order valence-corrected chi connectivity index (χ4v) is 3.26. The van der Waals surface area contributed by atoms with Crippen LogP contribution in [0.3, 0.4) is 0 Å². The minimum absolute atomic E-state index is 0.126. The van der Waals surface area contributed by atoms with E-state index in [0.717, 1.165) is 4.96 Å². The van der Waals surface area contributed by atoms with E-state index in [9.17, 15) is 4.79 Å². The van der Waals surface area contributed by atoms with Crippen LogP contribution in [-0.4, -0.2) is 34.2 Å². The maximum Gasteiger partial charge on any atom is 0.284 e. The molecule has 0 bridgehead atoms. The van der Waals surface area contributed by atoms with Gasteiger partial charge in [0.1, 0.15) is 12.3 Å². The summed E-state index contributed by atoms with van der Waals surface area (Å²) in [4.78, 5) is 17.1. The Bertz CT molecular complexity index is 936. The van der Waals surface area contributed by atoms with Crippen LogP contribution in [0.2, 0.25) is 5.15 Å². The van der Waals surface area contributed by atoms with Crippen molar-refractivity contribution in [2.75, 3.05) is 6.61 Å². The highest BCUT2D eigenvalue weighted by Crippen LogP contribution is 2.30. The van der Waals surface area contributed by atoms with Gasteiger partial charge >= 0.3 is 0 Å². The van der Waals surface area contributed by atoms with Crippen LogP contribution in [0.15, 0.2) is 40.9 Å². The molecular formula is C15H11ClN4O3S. The Morgan fingerprint density at radius 3 is 3.17 bits per heavy atom. The van der Waals surface area contributed by atoms with Crippen molar-refractivity contribution in [3.63, 3.8) is 0 Å². The Labute approximate surface area is 145 Å². The van der Waals surface area contributed by atoms with Gasteiger partial charge in [0, 0.05) is 11.6 Å². The third kappa shape index (κ3) is 2.70. The number of ether oxygens (including phenoxy) is 2. The van der Waals surface area contributed by atoms with Gasteiger partial charge in [0.2, 0.25) is 6.10 Å². The summed E-state index contributed by atoms with van der Waals surface area (Å²) < 4.78 is 12.9. The third-order valence-corrected chi connectivity index (χ3v) is 4.45. The molecule has 1 aliphatic heterocycles. The quantitative estimate of drug-likeness (QED) is 0.573. The first-order valence-electron chi connectivity index (χ1n) is 7.05. The molecular weight excluding hydrogens is 352 g/mol. The highest BCUT2D eigenvalue weighted by Gasteiger charge is 2.27. The van der Waals surface area contributed by atoms with Crippen molar-refractivity contribution in [2.24, 2.45) is 5.10 Å². The lowest BCUT2D eigenvalue weighted by molar-refractivity contribution is -0.130. The summed E-state index contributed by atoms with van der Waals surface area (Å²) in [5.74, 6) is 0.755. The molecule has 3 heterocycles. The summed E-state index contributed by atoms with van der Waals surface area (Å²) in [6.07, 6.45) is 2.51. The number of amides is 1. The predicted molar refractivity (Wildman–Crippen MR) is 90.2 cm³/mol. The first kappa shape index (κ1) is 15.0. The second-order valence-corrected chi connectivity index (χ2v) is 6.17. The van der Waals surface area contributed by atoms with Gasteiger partial charge in [0.25, 0.3) is 5.91 Å². The third-order valence-electron chi connectivity index (χ3n) is 3.42. The Kier molecular flexibility index (Phi) is 3.83. The number of para-hydroxylation sites is 2. The number of rotatable bonds is 3. The Hall–Kier alpha value is -2.58.